The number of carboxylic acids is 1. The Kier molecular flexibility index (Phi) is 4.15. The average molecular weight is 366 g/mol. The Morgan fingerprint density at radius 3 is 2.90 bits per heavy atom. The lowest BCUT2D eigenvalue weighted by molar-refractivity contribution is -0.139. The molecule has 1 aromatic carbocycles. The summed E-state index contributed by atoms with van der Waals surface area (Å²) in [6, 6.07) is 10.2. The van der Waals surface area contributed by atoms with Crippen LogP contribution in [0.25, 0.3) is 0 Å². The highest BCUT2D eigenvalue weighted by Crippen LogP contribution is 2.36. The molecule has 3 rings (SSSR count). The molecule has 1 aliphatic heterocycles. The molecule has 0 saturated heterocycles. The highest BCUT2D eigenvalue weighted by atomic mass is 79.9. The number of thiophene rings is 1. The molecular weight excluding hydrogens is 350 g/mol. The topological polar surface area (TPSA) is 40.5 Å². The van der Waals surface area contributed by atoms with Crippen molar-refractivity contribution in [3.8, 4) is 0 Å². The van der Waals surface area contributed by atoms with Gasteiger partial charge in [-0.25, -0.2) is 0 Å². The van der Waals surface area contributed by atoms with Crippen molar-refractivity contribution in [1.82, 2.24) is 4.90 Å². The van der Waals surface area contributed by atoms with Crippen molar-refractivity contribution < 1.29 is 9.90 Å². The van der Waals surface area contributed by atoms with Crippen LogP contribution >= 0.6 is 27.3 Å². The van der Waals surface area contributed by atoms with Crippen molar-refractivity contribution in [3.05, 3.63) is 56.2 Å². The van der Waals surface area contributed by atoms with Gasteiger partial charge in [-0.1, -0.05) is 24.3 Å². The maximum atomic E-state index is 11.6. The second-order valence-electron chi connectivity index (χ2n) is 5.36. The first-order chi connectivity index (χ1) is 10.1. The number of benzene rings is 1. The molecule has 0 aliphatic carbocycles. The molecule has 0 fully saturated rings. The highest BCUT2D eigenvalue weighted by molar-refractivity contribution is 9.10. The van der Waals surface area contributed by atoms with Crippen LogP contribution in [0.5, 0.6) is 0 Å². The molecule has 0 amide bonds. The average Bonchev–Trinajstić information content (AvgIpc) is 2.91. The molecule has 1 N–H and O–H groups in total. The van der Waals surface area contributed by atoms with Crippen LogP contribution in [0.3, 0.4) is 0 Å². The Labute approximate surface area is 136 Å². The van der Waals surface area contributed by atoms with Crippen molar-refractivity contribution in [2.24, 2.45) is 0 Å². The normalized spacial score (nSPS) is 20.0. The van der Waals surface area contributed by atoms with Crippen molar-refractivity contribution in [2.75, 3.05) is 6.54 Å². The molecule has 1 aliphatic rings. The predicted molar refractivity (Wildman–Crippen MR) is 87.7 cm³/mol. The van der Waals surface area contributed by atoms with Crippen molar-refractivity contribution in [1.29, 1.82) is 0 Å². The number of fused-ring (bicyclic) bond motifs is 1. The monoisotopic (exact) mass is 365 g/mol. The number of halogens is 1. The van der Waals surface area contributed by atoms with Crippen LogP contribution < -0.4 is 0 Å². The fraction of sp³-hybridized carbons (Fsp3) is 0.312. The van der Waals surface area contributed by atoms with Gasteiger partial charge in [0.25, 0.3) is 0 Å². The fourth-order valence-corrected chi connectivity index (χ4v) is 4.40. The minimum absolute atomic E-state index is 0.219. The van der Waals surface area contributed by atoms with E-state index in [4.69, 9.17) is 0 Å². The van der Waals surface area contributed by atoms with Gasteiger partial charge in [0.1, 0.15) is 0 Å². The third-order valence-electron chi connectivity index (χ3n) is 4.07. The largest absolute Gasteiger partial charge is 0.481 e. The first kappa shape index (κ1) is 14.8. The second-order valence-corrected chi connectivity index (χ2v) is 7.22. The van der Waals surface area contributed by atoms with E-state index in [-0.39, 0.29) is 6.04 Å². The van der Waals surface area contributed by atoms with E-state index < -0.39 is 11.9 Å². The van der Waals surface area contributed by atoms with Crippen molar-refractivity contribution >= 4 is 33.2 Å². The van der Waals surface area contributed by atoms with Gasteiger partial charge in [-0.15, -0.1) is 11.3 Å². The summed E-state index contributed by atoms with van der Waals surface area (Å²) in [4.78, 5) is 15.1. The minimum Gasteiger partial charge on any atom is -0.481 e. The van der Waals surface area contributed by atoms with Gasteiger partial charge < -0.3 is 5.11 Å². The summed E-state index contributed by atoms with van der Waals surface area (Å²) in [5, 5.41) is 11.6. The summed E-state index contributed by atoms with van der Waals surface area (Å²) in [6.07, 6.45) is 0. The van der Waals surface area contributed by atoms with E-state index in [1.54, 1.807) is 11.3 Å². The Balaban J connectivity index is 1.91. The van der Waals surface area contributed by atoms with E-state index in [9.17, 15) is 9.90 Å². The van der Waals surface area contributed by atoms with Crippen LogP contribution in [0.1, 0.15) is 34.9 Å². The number of hydrogen-bond acceptors (Lipinski definition) is 3. The zero-order valence-electron chi connectivity index (χ0n) is 11.6. The summed E-state index contributed by atoms with van der Waals surface area (Å²) < 4.78 is 1.08. The number of rotatable bonds is 3. The van der Waals surface area contributed by atoms with Gasteiger partial charge in [-0.05, 0) is 40.0 Å². The standard InChI is InChI=1S/C16H16BrNO2S/c1-10(15-6-12(17)9-21-15)18-7-11-4-2-3-5-13(11)14(8-18)16(19)20/h2-6,9-10,14H,7-8H2,1H3,(H,19,20). The molecule has 2 aromatic rings. The molecule has 2 unspecified atom stereocenters. The number of aliphatic carboxylic acids is 1. The first-order valence-electron chi connectivity index (χ1n) is 6.85. The van der Waals surface area contributed by atoms with E-state index in [1.165, 1.54) is 4.88 Å². The Bertz CT molecular complexity index is 670. The maximum Gasteiger partial charge on any atom is 0.312 e. The zero-order chi connectivity index (χ0) is 15.0. The molecule has 0 spiro atoms. The SMILES string of the molecule is CC(c1cc(Br)cs1)N1Cc2ccccc2C(C(=O)O)C1. The van der Waals surface area contributed by atoms with Crippen LogP contribution in [-0.4, -0.2) is 22.5 Å². The minimum atomic E-state index is -0.744. The number of carbonyl (C=O) groups is 1. The molecule has 5 heteroatoms. The van der Waals surface area contributed by atoms with Gasteiger partial charge in [0.05, 0.1) is 5.92 Å². The van der Waals surface area contributed by atoms with Crippen molar-refractivity contribution in [3.63, 3.8) is 0 Å². The van der Waals surface area contributed by atoms with Gasteiger partial charge >= 0.3 is 5.97 Å². The van der Waals surface area contributed by atoms with Gasteiger partial charge in [0, 0.05) is 33.9 Å². The summed E-state index contributed by atoms with van der Waals surface area (Å²) in [7, 11) is 0. The Morgan fingerprint density at radius 2 is 2.24 bits per heavy atom. The zero-order valence-corrected chi connectivity index (χ0v) is 14.0. The summed E-state index contributed by atoms with van der Waals surface area (Å²) in [5.74, 6) is -1.19. The molecule has 0 radical (unpaired) electrons. The molecule has 2 heterocycles. The fourth-order valence-electron chi connectivity index (χ4n) is 2.87. The van der Waals surface area contributed by atoms with Crippen LogP contribution in [0, 0.1) is 0 Å². The van der Waals surface area contributed by atoms with Gasteiger partial charge in [0.2, 0.25) is 0 Å². The lowest BCUT2D eigenvalue weighted by Crippen LogP contribution is -2.38. The second kappa shape index (κ2) is 5.91. The number of nitrogens with zero attached hydrogens (tertiary/aromatic N) is 1. The van der Waals surface area contributed by atoms with E-state index in [2.05, 4.69) is 39.2 Å². The van der Waals surface area contributed by atoms with Crippen LogP contribution in [0.4, 0.5) is 0 Å². The van der Waals surface area contributed by atoms with Gasteiger partial charge in [-0.2, -0.15) is 0 Å². The quantitative estimate of drug-likeness (QED) is 0.883. The molecule has 0 saturated carbocycles. The van der Waals surface area contributed by atoms with Crippen LogP contribution in [0.2, 0.25) is 0 Å². The van der Waals surface area contributed by atoms with E-state index >= 15 is 0 Å². The third-order valence-corrected chi connectivity index (χ3v) is 5.93. The molecule has 110 valence electrons. The molecule has 0 bridgehead atoms. The Morgan fingerprint density at radius 1 is 1.48 bits per heavy atom. The molecular formula is C16H16BrNO2S. The van der Waals surface area contributed by atoms with Gasteiger partial charge in [-0.3, -0.25) is 9.69 Å². The third kappa shape index (κ3) is 2.91. The Hall–Kier alpha value is -1.17. The maximum absolute atomic E-state index is 11.6. The highest BCUT2D eigenvalue weighted by Gasteiger charge is 2.32. The predicted octanol–water partition coefficient (Wildman–Crippen LogP) is 4.26. The molecule has 21 heavy (non-hydrogen) atoms. The first-order valence-corrected chi connectivity index (χ1v) is 8.52. The lowest BCUT2D eigenvalue weighted by Gasteiger charge is -2.36. The van der Waals surface area contributed by atoms with E-state index in [0.29, 0.717) is 6.54 Å². The van der Waals surface area contributed by atoms with Crippen LogP contribution in [0.15, 0.2) is 40.2 Å². The smallest absolute Gasteiger partial charge is 0.312 e. The van der Waals surface area contributed by atoms with Crippen molar-refractivity contribution in [2.45, 2.75) is 25.4 Å². The van der Waals surface area contributed by atoms with Crippen LogP contribution in [-0.2, 0) is 11.3 Å². The van der Waals surface area contributed by atoms with E-state index in [0.717, 1.165) is 22.1 Å². The molecule has 1 aromatic heterocycles. The summed E-state index contributed by atoms with van der Waals surface area (Å²) in [5.41, 5.74) is 2.08. The number of carboxylic acid groups (broad SMARTS) is 1. The number of hydrogen-bond donors (Lipinski definition) is 1. The lowest BCUT2D eigenvalue weighted by atomic mass is 9.89. The molecule has 3 nitrogen and oxygen atoms in total. The van der Waals surface area contributed by atoms with Gasteiger partial charge in [0.15, 0.2) is 0 Å². The molecule has 2 atom stereocenters. The van der Waals surface area contributed by atoms with E-state index in [1.807, 2.05) is 24.3 Å². The summed E-state index contributed by atoms with van der Waals surface area (Å²) in [6.45, 7) is 3.50. The summed E-state index contributed by atoms with van der Waals surface area (Å²) >= 11 is 5.19.